The summed E-state index contributed by atoms with van der Waals surface area (Å²) in [5.74, 6) is 0. The summed E-state index contributed by atoms with van der Waals surface area (Å²) in [6, 6.07) is 167. The van der Waals surface area contributed by atoms with Gasteiger partial charge in [-0.1, -0.05) is 255 Å². The average Bonchev–Trinajstić information content (AvgIpc) is 1.44. The van der Waals surface area contributed by atoms with E-state index in [1.165, 1.54) is 21.5 Å². The minimum atomic E-state index is 0.838. The molecule has 0 fully saturated rings. The Bertz CT molecular complexity index is 8280. The number of rotatable bonds is 17. The highest BCUT2D eigenvalue weighted by Gasteiger charge is 2.23. The molecule has 0 amide bonds. The minimum Gasteiger partial charge on any atom is -0.456 e. The molecule has 7 heteroatoms. The van der Waals surface area contributed by atoms with Crippen LogP contribution in [-0.2, 0) is 0 Å². The monoisotopic (exact) mass is 1600 g/mol. The highest BCUT2D eigenvalue weighted by atomic mass is 16.3. The Kier molecular flexibility index (Phi) is 17.5. The zero-order valence-electron chi connectivity index (χ0n) is 67.9. The van der Waals surface area contributed by atoms with Crippen molar-refractivity contribution in [3.8, 4) is 55.6 Å². The van der Waals surface area contributed by atoms with E-state index >= 15 is 0 Å². The van der Waals surface area contributed by atoms with E-state index in [1.54, 1.807) is 0 Å². The predicted octanol–water partition coefficient (Wildman–Crippen LogP) is 34.2. The molecular weight excluding hydrogens is 1520 g/mol. The van der Waals surface area contributed by atoms with Gasteiger partial charge in [-0.2, -0.15) is 0 Å². The van der Waals surface area contributed by atoms with Gasteiger partial charge in [0, 0.05) is 107 Å². The number of benzene rings is 21. The molecule has 0 bridgehead atoms. The molecule has 21 aromatic carbocycles. The third-order valence-corrected chi connectivity index (χ3v) is 25.0. The lowest BCUT2D eigenvalue weighted by Crippen LogP contribution is -2.10. The van der Waals surface area contributed by atoms with Crippen LogP contribution in [0, 0.1) is 0 Å². The normalized spacial score (nSPS) is 11.7. The first-order chi connectivity index (χ1) is 61.8. The maximum absolute atomic E-state index is 6.59. The van der Waals surface area contributed by atoms with Gasteiger partial charge in [-0.25, -0.2) is 0 Å². The zero-order chi connectivity index (χ0) is 82.4. The molecular formula is C118H76N4O3. The minimum absolute atomic E-state index is 0.838. The summed E-state index contributed by atoms with van der Waals surface area (Å²) in [5, 5.41) is 16.0. The van der Waals surface area contributed by atoms with Gasteiger partial charge in [0.2, 0.25) is 0 Å². The van der Waals surface area contributed by atoms with Gasteiger partial charge in [0.05, 0.1) is 0 Å². The van der Waals surface area contributed by atoms with Crippen molar-refractivity contribution in [2.45, 2.75) is 0 Å². The molecule has 0 aliphatic rings. The van der Waals surface area contributed by atoms with Crippen LogP contribution in [0.25, 0.3) is 165 Å². The second-order valence-corrected chi connectivity index (χ2v) is 32.4. The summed E-state index contributed by atoms with van der Waals surface area (Å²) >= 11 is 0. The molecule has 586 valence electrons. The van der Waals surface area contributed by atoms with Crippen LogP contribution >= 0.6 is 0 Å². The van der Waals surface area contributed by atoms with Gasteiger partial charge in [-0.3, -0.25) is 0 Å². The molecule has 24 rings (SSSR count). The third kappa shape index (κ3) is 13.3. The maximum atomic E-state index is 6.59. The standard InChI is InChI=1S/C118H76N4O3/c1-2-18-95(19-3-1)119(102-60-42-77-14-4-6-16-86(77)70-102)96-48-30-79(31-49-96)82-36-54-101(55-37-82)122(106-64-67-112-109-22-10-13-25-115(109)125-118(112)76-106)105-62-44-85-26-27-89(69-94(85)73-105)88-28-29-91-72-104(63-45-90(91)68-88)121(100-58-40-84(41-59-100)93-47-66-111-108-21-9-12-24-114(108)124-117(111)75-93)98-52-34-81(35-53-98)80-32-50-97(51-33-80)120(103-61-43-78-15-5-7-17-87(78)71-103)99-56-38-83(39-57-99)92-46-65-110-107-20-8-11-23-113(107)123-116(110)74-92/h1-76H. The van der Waals surface area contributed by atoms with Crippen molar-refractivity contribution in [1.29, 1.82) is 0 Å². The molecule has 0 atom stereocenters. The molecule has 24 aromatic rings. The fourth-order valence-electron chi connectivity index (χ4n) is 18.6. The number of hydrogen-bond acceptors (Lipinski definition) is 7. The average molecular weight is 1600 g/mol. The number of para-hydroxylation sites is 4. The van der Waals surface area contributed by atoms with Crippen LogP contribution in [0.3, 0.4) is 0 Å². The highest BCUT2D eigenvalue weighted by molar-refractivity contribution is 6.09. The predicted molar refractivity (Wildman–Crippen MR) is 524 cm³/mol. The van der Waals surface area contributed by atoms with Gasteiger partial charge in [0.25, 0.3) is 0 Å². The molecule has 0 unspecified atom stereocenters. The second kappa shape index (κ2) is 30.2. The molecule has 7 nitrogen and oxygen atoms in total. The third-order valence-electron chi connectivity index (χ3n) is 25.0. The van der Waals surface area contributed by atoms with E-state index in [0.717, 1.165) is 211 Å². The molecule has 0 spiro atoms. The quantitative estimate of drug-likeness (QED) is 0.0900. The van der Waals surface area contributed by atoms with Gasteiger partial charge >= 0.3 is 0 Å². The van der Waals surface area contributed by atoms with Crippen molar-refractivity contribution < 1.29 is 13.3 Å². The van der Waals surface area contributed by atoms with Crippen LogP contribution in [0.4, 0.5) is 68.2 Å². The van der Waals surface area contributed by atoms with Crippen molar-refractivity contribution >= 4 is 177 Å². The molecule has 3 heterocycles. The lowest BCUT2D eigenvalue weighted by molar-refractivity contribution is 0.668. The Hall–Kier alpha value is -16.7. The van der Waals surface area contributed by atoms with Crippen LogP contribution < -0.4 is 19.6 Å². The number of furan rings is 3. The summed E-state index contributed by atoms with van der Waals surface area (Å²) < 4.78 is 19.3. The lowest BCUT2D eigenvalue weighted by atomic mass is 9.97. The van der Waals surface area contributed by atoms with E-state index in [1.807, 2.05) is 36.4 Å². The Morgan fingerprint density at radius 1 is 0.112 bits per heavy atom. The van der Waals surface area contributed by atoms with E-state index in [9.17, 15) is 0 Å². The van der Waals surface area contributed by atoms with Crippen LogP contribution in [0.15, 0.2) is 474 Å². The van der Waals surface area contributed by atoms with Gasteiger partial charge in [-0.05, 0) is 299 Å². The Morgan fingerprint density at radius 3 is 0.720 bits per heavy atom. The van der Waals surface area contributed by atoms with Gasteiger partial charge < -0.3 is 32.9 Å². The molecule has 0 aliphatic heterocycles. The first-order valence-corrected chi connectivity index (χ1v) is 42.5. The van der Waals surface area contributed by atoms with Gasteiger partial charge in [0.15, 0.2) is 0 Å². The van der Waals surface area contributed by atoms with Gasteiger partial charge in [-0.15, -0.1) is 0 Å². The van der Waals surface area contributed by atoms with Crippen molar-refractivity contribution in [2.75, 3.05) is 19.6 Å². The molecule has 0 saturated heterocycles. The fraction of sp³-hybridized carbons (Fsp3) is 0. The van der Waals surface area contributed by atoms with Gasteiger partial charge in [0.1, 0.15) is 33.5 Å². The summed E-state index contributed by atoms with van der Waals surface area (Å²) in [6.45, 7) is 0. The molecule has 0 aliphatic carbocycles. The zero-order valence-corrected chi connectivity index (χ0v) is 67.9. The lowest BCUT2D eigenvalue weighted by Gasteiger charge is -2.27. The molecule has 0 N–H and O–H groups in total. The van der Waals surface area contributed by atoms with E-state index in [2.05, 4.69) is 444 Å². The van der Waals surface area contributed by atoms with Crippen LogP contribution in [-0.4, -0.2) is 0 Å². The first kappa shape index (κ1) is 72.3. The highest BCUT2D eigenvalue weighted by Crippen LogP contribution is 2.47. The van der Waals surface area contributed by atoms with E-state index in [4.69, 9.17) is 13.3 Å². The molecule has 3 aromatic heterocycles. The Labute approximate surface area is 721 Å². The molecule has 125 heavy (non-hydrogen) atoms. The van der Waals surface area contributed by atoms with Crippen LogP contribution in [0.2, 0.25) is 0 Å². The van der Waals surface area contributed by atoms with Crippen molar-refractivity contribution in [3.05, 3.63) is 461 Å². The van der Waals surface area contributed by atoms with E-state index < -0.39 is 0 Å². The second-order valence-electron chi connectivity index (χ2n) is 32.4. The summed E-state index contributed by atoms with van der Waals surface area (Å²) in [5.41, 5.74) is 29.1. The Morgan fingerprint density at radius 2 is 0.320 bits per heavy atom. The SMILES string of the molecule is c1ccc(N(c2ccc(-c3ccc(N(c4ccc5ccc(-c6ccc7cc(N(c8ccc(-c9ccc(N(c%10ccc(-c%11ccc%12c(c%11)oc%11ccccc%11%12)cc%10)c%10ccc%11ccccc%11c%10)cc9)cc8)c8ccc(-c9ccc%10c(c9)oc9ccccc9%10)cc8)ccc7c6)cc5c4)c4ccc5c(c4)oc4ccccc45)cc3)cc2)c2ccc3ccccc3c2)cc1. The first-order valence-electron chi connectivity index (χ1n) is 42.5. The largest absolute Gasteiger partial charge is 0.456 e. The molecule has 0 saturated carbocycles. The van der Waals surface area contributed by atoms with Crippen molar-refractivity contribution in [2.24, 2.45) is 0 Å². The van der Waals surface area contributed by atoms with Crippen LogP contribution in [0.1, 0.15) is 0 Å². The van der Waals surface area contributed by atoms with Crippen molar-refractivity contribution in [1.82, 2.24) is 0 Å². The maximum Gasteiger partial charge on any atom is 0.137 e. The number of hydrogen-bond donors (Lipinski definition) is 0. The van der Waals surface area contributed by atoms with Crippen molar-refractivity contribution in [3.63, 3.8) is 0 Å². The van der Waals surface area contributed by atoms with E-state index in [-0.39, 0.29) is 0 Å². The van der Waals surface area contributed by atoms with E-state index in [0.29, 0.717) is 0 Å². The number of anilines is 12. The topological polar surface area (TPSA) is 52.4 Å². The summed E-state index contributed by atoms with van der Waals surface area (Å²) in [4.78, 5) is 9.40. The Balaban J connectivity index is 0.541. The van der Waals surface area contributed by atoms with Crippen LogP contribution in [0.5, 0.6) is 0 Å². The fourth-order valence-corrected chi connectivity index (χ4v) is 18.6. The smallest absolute Gasteiger partial charge is 0.137 e. The summed E-state index contributed by atoms with van der Waals surface area (Å²) in [6.07, 6.45) is 0. The molecule has 0 radical (unpaired) electrons. The summed E-state index contributed by atoms with van der Waals surface area (Å²) in [7, 11) is 0. The number of nitrogens with zero attached hydrogens (tertiary/aromatic N) is 4. The number of fused-ring (bicyclic) bond motifs is 13.